The van der Waals surface area contributed by atoms with Crippen molar-refractivity contribution in [2.75, 3.05) is 5.32 Å². The maximum Gasteiger partial charge on any atom is 0.451 e. The van der Waals surface area contributed by atoms with Gasteiger partial charge in [0.15, 0.2) is 0 Å². The lowest BCUT2D eigenvalue weighted by Crippen LogP contribution is -2.14. The summed E-state index contributed by atoms with van der Waals surface area (Å²) in [6.45, 7) is 0. The van der Waals surface area contributed by atoms with Crippen molar-refractivity contribution in [3.05, 3.63) is 23.8 Å². The van der Waals surface area contributed by atoms with Crippen LogP contribution in [0.5, 0.6) is 0 Å². The monoisotopic (exact) mass is 273 g/mol. The van der Waals surface area contributed by atoms with E-state index >= 15 is 0 Å². The van der Waals surface area contributed by atoms with Crippen LogP contribution in [0.4, 0.5) is 25.1 Å². The molecular weight excluding hydrogens is 267 g/mol. The first-order valence-electron chi connectivity index (χ1n) is 4.76. The number of alkyl halides is 3. The number of aromatic nitrogens is 5. The Morgan fingerprint density at radius 1 is 1.32 bits per heavy atom. The van der Waals surface area contributed by atoms with Gasteiger partial charge in [-0.15, -0.1) is 5.10 Å². The van der Waals surface area contributed by atoms with Crippen molar-refractivity contribution in [2.45, 2.75) is 6.18 Å². The van der Waals surface area contributed by atoms with Crippen molar-refractivity contribution in [3.63, 3.8) is 0 Å². The third-order valence-corrected chi connectivity index (χ3v) is 1.89. The zero-order valence-corrected chi connectivity index (χ0v) is 9.06. The van der Waals surface area contributed by atoms with Crippen LogP contribution in [-0.2, 0) is 6.18 Å². The van der Waals surface area contributed by atoms with Crippen LogP contribution >= 0.6 is 0 Å². The third-order valence-electron chi connectivity index (χ3n) is 1.89. The van der Waals surface area contributed by atoms with E-state index < -0.39 is 17.9 Å². The number of primary amides is 1. The molecular formula is C8H6F3N7O. The number of nitrogens with zero attached hydrogens (tertiary/aromatic N) is 4. The molecule has 0 bridgehead atoms. The molecule has 11 heteroatoms. The van der Waals surface area contributed by atoms with Crippen LogP contribution in [0.1, 0.15) is 16.3 Å². The Labute approximate surface area is 103 Å². The van der Waals surface area contributed by atoms with Gasteiger partial charge >= 0.3 is 6.18 Å². The van der Waals surface area contributed by atoms with Crippen molar-refractivity contribution in [2.24, 2.45) is 5.73 Å². The van der Waals surface area contributed by atoms with Gasteiger partial charge in [-0.3, -0.25) is 15.2 Å². The Morgan fingerprint density at radius 3 is 2.63 bits per heavy atom. The SMILES string of the molecule is NC(=O)c1ccnc(Nc2n[nH]c(C(F)(F)F)n2)n1. The van der Waals surface area contributed by atoms with Gasteiger partial charge in [-0.1, -0.05) is 0 Å². The second-order valence-electron chi connectivity index (χ2n) is 3.26. The number of rotatable bonds is 3. The van der Waals surface area contributed by atoms with Crippen molar-refractivity contribution >= 4 is 17.8 Å². The second kappa shape index (κ2) is 4.51. The molecule has 2 heterocycles. The molecule has 0 aliphatic rings. The first-order chi connectivity index (χ1) is 8.86. The second-order valence-corrected chi connectivity index (χ2v) is 3.26. The number of H-pyrrole nitrogens is 1. The van der Waals surface area contributed by atoms with E-state index in [2.05, 4.69) is 25.4 Å². The highest BCUT2D eigenvalue weighted by molar-refractivity contribution is 5.90. The number of halogens is 3. The Balaban J connectivity index is 2.19. The lowest BCUT2D eigenvalue weighted by molar-refractivity contribution is -0.144. The van der Waals surface area contributed by atoms with Gasteiger partial charge in [0, 0.05) is 6.20 Å². The molecule has 0 spiro atoms. The minimum absolute atomic E-state index is 0.0934. The molecule has 0 saturated heterocycles. The third kappa shape index (κ3) is 2.94. The average molecular weight is 273 g/mol. The summed E-state index contributed by atoms with van der Waals surface area (Å²) in [4.78, 5) is 21.4. The number of carbonyl (C=O) groups is 1. The molecule has 0 fully saturated rings. The number of amides is 1. The summed E-state index contributed by atoms with van der Waals surface area (Å²) in [6.07, 6.45) is -3.42. The van der Waals surface area contributed by atoms with Gasteiger partial charge in [-0.2, -0.15) is 18.2 Å². The Bertz CT molecular complexity index is 608. The predicted octanol–water partition coefficient (Wildman–Crippen LogP) is 0.456. The number of hydrogen-bond donors (Lipinski definition) is 3. The lowest BCUT2D eigenvalue weighted by atomic mass is 10.4. The van der Waals surface area contributed by atoms with Gasteiger partial charge in [0.25, 0.3) is 5.91 Å². The number of hydrogen-bond acceptors (Lipinski definition) is 6. The lowest BCUT2D eigenvalue weighted by Gasteiger charge is -2.01. The van der Waals surface area contributed by atoms with E-state index in [1.54, 1.807) is 5.10 Å². The Kier molecular flexibility index (Phi) is 3.02. The molecule has 0 aliphatic heterocycles. The zero-order valence-electron chi connectivity index (χ0n) is 9.06. The number of anilines is 2. The molecule has 2 aromatic heterocycles. The van der Waals surface area contributed by atoms with E-state index in [9.17, 15) is 18.0 Å². The number of nitrogens with two attached hydrogens (primary N) is 1. The Morgan fingerprint density at radius 2 is 2.05 bits per heavy atom. The van der Waals surface area contributed by atoms with E-state index in [0.29, 0.717) is 0 Å². The van der Waals surface area contributed by atoms with Crippen LogP contribution in [0.25, 0.3) is 0 Å². The van der Waals surface area contributed by atoms with Crippen molar-refractivity contribution in [3.8, 4) is 0 Å². The Hall–Kier alpha value is -2.72. The van der Waals surface area contributed by atoms with Gasteiger partial charge in [0.05, 0.1) is 0 Å². The quantitative estimate of drug-likeness (QED) is 0.746. The molecule has 0 saturated carbocycles. The number of nitrogens with one attached hydrogen (secondary N) is 2. The van der Waals surface area contributed by atoms with E-state index in [4.69, 9.17) is 5.73 Å². The normalized spacial score (nSPS) is 11.3. The smallest absolute Gasteiger partial charge is 0.364 e. The molecule has 0 radical (unpaired) electrons. The van der Waals surface area contributed by atoms with E-state index in [1.807, 2.05) is 0 Å². The molecule has 0 aliphatic carbocycles. The fraction of sp³-hybridized carbons (Fsp3) is 0.125. The molecule has 100 valence electrons. The topological polar surface area (TPSA) is 122 Å². The highest BCUT2D eigenvalue weighted by Crippen LogP contribution is 2.26. The highest BCUT2D eigenvalue weighted by Gasteiger charge is 2.35. The summed E-state index contributed by atoms with van der Waals surface area (Å²) < 4.78 is 36.8. The largest absolute Gasteiger partial charge is 0.451 e. The summed E-state index contributed by atoms with van der Waals surface area (Å²) in [5.41, 5.74) is 4.90. The fourth-order valence-corrected chi connectivity index (χ4v) is 1.10. The van der Waals surface area contributed by atoms with Gasteiger partial charge in [0.1, 0.15) is 5.69 Å². The van der Waals surface area contributed by atoms with Gasteiger partial charge in [-0.05, 0) is 6.07 Å². The van der Waals surface area contributed by atoms with E-state index in [1.165, 1.54) is 12.3 Å². The van der Waals surface area contributed by atoms with Gasteiger partial charge in [-0.25, -0.2) is 9.97 Å². The van der Waals surface area contributed by atoms with E-state index in [0.717, 1.165) is 0 Å². The summed E-state index contributed by atoms with van der Waals surface area (Å²) in [7, 11) is 0. The summed E-state index contributed by atoms with van der Waals surface area (Å²) in [5.74, 6) is -2.59. The predicted molar refractivity (Wildman–Crippen MR) is 55.2 cm³/mol. The minimum atomic E-state index is -4.64. The summed E-state index contributed by atoms with van der Waals surface area (Å²) >= 11 is 0. The number of aromatic amines is 1. The minimum Gasteiger partial charge on any atom is -0.364 e. The molecule has 0 unspecified atom stereocenters. The molecule has 0 aromatic carbocycles. The van der Waals surface area contributed by atoms with Crippen molar-refractivity contribution in [1.82, 2.24) is 25.1 Å². The molecule has 2 aromatic rings. The van der Waals surface area contributed by atoms with Gasteiger partial charge in [0.2, 0.25) is 17.7 Å². The standard InChI is InChI=1S/C8H6F3N7O/c9-8(10,11)5-15-7(18-17-5)16-6-13-2-1-3(14-6)4(12)19/h1-2H,(H2,12,19)(H2,13,14,15,16,17,18). The van der Waals surface area contributed by atoms with Crippen LogP contribution in [0.3, 0.4) is 0 Å². The maximum atomic E-state index is 12.3. The highest BCUT2D eigenvalue weighted by atomic mass is 19.4. The molecule has 1 amide bonds. The first kappa shape index (κ1) is 12.7. The summed E-state index contributed by atoms with van der Waals surface area (Å²) in [6, 6.07) is 1.26. The van der Waals surface area contributed by atoms with Crippen molar-refractivity contribution < 1.29 is 18.0 Å². The van der Waals surface area contributed by atoms with Crippen LogP contribution in [0.2, 0.25) is 0 Å². The average Bonchev–Trinajstić information content (AvgIpc) is 2.77. The van der Waals surface area contributed by atoms with Crippen LogP contribution < -0.4 is 11.1 Å². The van der Waals surface area contributed by atoms with Crippen LogP contribution in [-0.4, -0.2) is 31.1 Å². The molecule has 0 atom stereocenters. The molecule has 8 nitrogen and oxygen atoms in total. The van der Waals surface area contributed by atoms with Crippen LogP contribution in [0.15, 0.2) is 12.3 Å². The fourth-order valence-electron chi connectivity index (χ4n) is 1.10. The van der Waals surface area contributed by atoms with Gasteiger partial charge < -0.3 is 5.73 Å². The number of carbonyl (C=O) groups excluding carboxylic acids is 1. The van der Waals surface area contributed by atoms with Crippen molar-refractivity contribution in [1.29, 1.82) is 0 Å². The maximum absolute atomic E-state index is 12.3. The molecule has 4 N–H and O–H groups in total. The zero-order chi connectivity index (χ0) is 14.0. The van der Waals surface area contributed by atoms with E-state index in [-0.39, 0.29) is 17.6 Å². The molecule has 2 rings (SSSR count). The van der Waals surface area contributed by atoms with Crippen LogP contribution in [0, 0.1) is 0 Å². The summed E-state index contributed by atoms with van der Waals surface area (Å²) in [5, 5.41) is 7.30. The molecule has 19 heavy (non-hydrogen) atoms. The first-order valence-corrected chi connectivity index (χ1v) is 4.76.